The van der Waals surface area contributed by atoms with Crippen LogP contribution in [0.5, 0.6) is 0 Å². The second-order valence-corrected chi connectivity index (χ2v) is 4.80. The van der Waals surface area contributed by atoms with Crippen LogP contribution in [0.4, 0.5) is 0 Å². The maximum Gasteiger partial charge on any atom is 0.327 e. The van der Waals surface area contributed by atoms with Gasteiger partial charge in [0.15, 0.2) is 0 Å². The molecule has 1 aliphatic rings. The first kappa shape index (κ1) is 12.0. The number of furan rings is 1. The van der Waals surface area contributed by atoms with Gasteiger partial charge in [0.1, 0.15) is 11.8 Å². The fraction of sp³-hybridized carbons (Fsp3) is 0.455. The number of hydrogen-bond donors (Lipinski definition) is 1. The Morgan fingerprint density at radius 3 is 3.06 bits per heavy atom. The molecular weight excluding hydrogens is 242 g/mol. The average Bonchev–Trinajstić information content (AvgIpc) is 2.96. The Hall–Kier alpha value is -1.43. The standard InChI is InChI=1S/C11H13NO4S/c13-10(4-3-8-2-1-5-16-8)12-7-17-6-9(12)11(14)15/h1-2,5,9H,3-4,6-7H2,(H,14,15). The number of hydrogen-bond acceptors (Lipinski definition) is 4. The first-order chi connectivity index (χ1) is 8.18. The summed E-state index contributed by atoms with van der Waals surface area (Å²) in [5.74, 6) is 0.632. The molecule has 92 valence electrons. The lowest BCUT2D eigenvalue weighted by molar-refractivity contribution is -0.147. The third-order valence-corrected chi connectivity index (χ3v) is 3.67. The maximum absolute atomic E-state index is 11.9. The molecule has 6 heteroatoms. The molecule has 0 spiro atoms. The number of thioether (sulfide) groups is 1. The molecule has 1 atom stereocenters. The van der Waals surface area contributed by atoms with E-state index in [4.69, 9.17) is 9.52 Å². The molecule has 17 heavy (non-hydrogen) atoms. The van der Waals surface area contributed by atoms with Crippen LogP contribution in [0.2, 0.25) is 0 Å². The molecule has 0 bridgehead atoms. The largest absolute Gasteiger partial charge is 0.480 e. The Balaban J connectivity index is 1.89. The molecule has 1 aromatic heterocycles. The number of amides is 1. The molecule has 0 aromatic carbocycles. The highest BCUT2D eigenvalue weighted by atomic mass is 32.2. The highest BCUT2D eigenvalue weighted by Crippen LogP contribution is 2.22. The maximum atomic E-state index is 11.9. The lowest BCUT2D eigenvalue weighted by Crippen LogP contribution is -2.41. The number of aliphatic carboxylic acids is 1. The minimum atomic E-state index is -0.929. The van der Waals surface area contributed by atoms with Gasteiger partial charge < -0.3 is 14.4 Å². The van der Waals surface area contributed by atoms with Crippen molar-refractivity contribution in [2.45, 2.75) is 18.9 Å². The van der Waals surface area contributed by atoms with E-state index in [1.807, 2.05) is 0 Å². The Kier molecular flexibility index (Phi) is 3.73. The normalized spacial score (nSPS) is 19.5. The number of carbonyl (C=O) groups excluding carboxylic acids is 1. The van der Waals surface area contributed by atoms with Crippen LogP contribution in [-0.4, -0.2) is 39.6 Å². The van der Waals surface area contributed by atoms with Gasteiger partial charge in [-0.15, -0.1) is 11.8 Å². The van der Waals surface area contributed by atoms with Gasteiger partial charge in [0, 0.05) is 18.6 Å². The molecule has 1 aliphatic heterocycles. The molecule has 0 aliphatic carbocycles. The zero-order valence-corrected chi connectivity index (χ0v) is 9.98. The summed E-state index contributed by atoms with van der Waals surface area (Å²) in [6.07, 6.45) is 2.36. The monoisotopic (exact) mass is 255 g/mol. The summed E-state index contributed by atoms with van der Waals surface area (Å²) in [7, 11) is 0. The lowest BCUT2D eigenvalue weighted by atomic mass is 10.2. The molecule has 1 unspecified atom stereocenters. The molecule has 1 saturated heterocycles. The van der Waals surface area contributed by atoms with Crippen LogP contribution >= 0.6 is 11.8 Å². The van der Waals surface area contributed by atoms with E-state index in [1.165, 1.54) is 16.7 Å². The fourth-order valence-electron chi connectivity index (χ4n) is 1.72. The van der Waals surface area contributed by atoms with Gasteiger partial charge in [-0.1, -0.05) is 0 Å². The van der Waals surface area contributed by atoms with Crippen molar-refractivity contribution in [1.29, 1.82) is 0 Å². The summed E-state index contributed by atoms with van der Waals surface area (Å²) in [4.78, 5) is 24.2. The third kappa shape index (κ3) is 2.82. The Morgan fingerprint density at radius 2 is 2.41 bits per heavy atom. The zero-order valence-electron chi connectivity index (χ0n) is 9.17. The van der Waals surface area contributed by atoms with Gasteiger partial charge in [-0.05, 0) is 12.1 Å². The van der Waals surface area contributed by atoms with E-state index in [1.54, 1.807) is 18.4 Å². The molecule has 0 saturated carbocycles. The van der Waals surface area contributed by atoms with Gasteiger partial charge in [-0.25, -0.2) is 4.79 Å². The summed E-state index contributed by atoms with van der Waals surface area (Å²) in [5, 5.41) is 8.96. The Bertz CT molecular complexity index is 404. The third-order valence-electron chi connectivity index (χ3n) is 2.65. The predicted octanol–water partition coefficient (Wildman–Crippen LogP) is 1.20. The van der Waals surface area contributed by atoms with Crippen molar-refractivity contribution < 1.29 is 19.1 Å². The Labute approximate surface area is 103 Å². The minimum absolute atomic E-state index is 0.126. The van der Waals surface area contributed by atoms with E-state index < -0.39 is 12.0 Å². The first-order valence-electron chi connectivity index (χ1n) is 5.31. The van der Waals surface area contributed by atoms with Crippen molar-refractivity contribution in [3.8, 4) is 0 Å². The summed E-state index contributed by atoms with van der Waals surface area (Å²) in [6.45, 7) is 0. The van der Waals surface area contributed by atoms with Crippen LogP contribution in [0.15, 0.2) is 22.8 Å². The van der Waals surface area contributed by atoms with Crippen molar-refractivity contribution >= 4 is 23.6 Å². The number of carboxylic acid groups (broad SMARTS) is 1. The first-order valence-corrected chi connectivity index (χ1v) is 6.46. The van der Waals surface area contributed by atoms with E-state index in [-0.39, 0.29) is 12.3 Å². The SMILES string of the molecule is O=C(O)C1CSCN1C(=O)CCc1ccco1. The van der Waals surface area contributed by atoms with Crippen LogP contribution in [0.25, 0.3) is 0 Å². The second kappa shape index (κ2) is 5.27. The highest BCUT2D eigenvalue weighted by molar-refractivity contribution is 7.99. The van der Waals surface area contributed by atoms with Crippen LogP contribution in [-0.2, 0) is 16.0 Å². The quantitative estimate of drug-likeness (QED) is 0.875. The number of aryl methyl sites for hydroxylation is 1. The van der Waals surface area contributed by atoms with Gasteiger partial charge in [0.25, 0.3) is 0 Å². The smallest absolute Gasteiger partial charge is 0.327 e. The van der Waals surface area contributed by atoms with Crippen molar-refractivity contribution in [3.05, 3.63) is 24.2 Å². The highest BCUT2D eigenvalue weighted by Gasteiger charge is 2.34. The van der Waals surface area contributed by atoms with E-state index in [0.29, 0.717) is 18.1 Å². The van der Waals surface area contributed by atoms with Gasteiger partial charge in [-0.2, -0.15) is 0 Å². The average molecular weight is 255 g/mol. The lowest BCUT2D eigenvalue weighted by Gasteiger charge is -2.20. The van der Waals surface area contributed by atoms with Gasteiger partial charge in [0.05, 0.1) is 12.1 Å². The number of carbonyl (C=O) groups is 2. The summed E-state index contributed by atoms with van der Waals surface area (Å²) in [5.41, 5.74) is 0. The molecule has 1 N–H and O–H groups in total. The Morgan fingerprint density at radius 1 is 1.59 bits per heavy atom. The van der Waals surface area contributed by atoms with Crippen LogP contribution in [0.3, 0.4) is 0 Å². The molecule has 1 amide bonds. The molecule has 1 fully saturated rings. The zero-order chi connectivity index (χ0) is 12.3. The van der Waals surface area contributed by atoms with Gasteiger partial charge >= 0.3 is 5.97 Å². The summed E-state index contributed by atoms with van der Waals surface area (Å²) in [6, 6.07) is 2.90. The van der Waals surface area contributed by atoms with Crippen molar-refractivity contribution in [2.24, 2.45) is 0 Å². The topological polar surface area (TPSA) is 70.8 Å². The fourth-order valence-corrected chi connectivity index (χ4v) is 2.89. The number of nitrogens with zero attached hydrogens (tertiary/aromatic N) is 1. The van der Waals surface area contributed by atoms with Crippen molar-refractivity contribution in [3.63, 3.8) is 0 Å². The molecule has 2 rings (SSSR count). The van der Waals surface area contributed by atoms with Gasteiger partial charge in [-0.3, -0.25) is 4.79 Å². The number of carboxylic acids is 1. The van der Waals surface area contributed by atoms with E-state index in [2.05, 4.69) is 0 Å². The van der Waals surface area contributed by atoms with Crippen molar-refractivity contribution in [2.75, 3.05) is 11.6 Å². The van der Waals surface area contributed by atoms with Crippen LogP contribution < -0.4 is 0 Å². The molecule has 5 nitrogen and oxygen atoms in total. The molecular formula is C11H13NO4S. The molecule has 1 aromatic rings. The van der Waals surface area contributed by atoms with E-state index >= 15 is 0 Å². The van der Waals surface area contributed by atoms with Gasteiger partial charge in [0.2, 0.25) is 5.91 Å². The van der Waals surface area contributed by atoms with Crippen molar-refractivity contribution in [1.82, 2.24) is 4.90 Å². The van der Waals surface area contributed by atoms with E-state index in [0.717, 1.165) is 5.76 Å². The van der Waals surface area contributed by atoms with E-state index in [9.17, 15) is 9.59 Å². The minimum Gasteiger partial charge on any atom is -0.480 e. The van der Waals surface area contributed by atoms with Crippen LogP contribution in [0.1, 0.15) is 12.2 Å². The number of rotatable bonds is 4. The predicted molar refractivity (Wildman–Crippen MR) is 62.6 cm³/mol. The second-order valence-electron chi connectivity index (χ2n) is 3.80. The van der Waals surface area contributed by atoms with Crippen LogP contribution in [0, 0.1) is 0 Å². The summed E-state index contributed by atoms with van der Waals surface area (Å²) >= 11 is 1.47. The molecule has 0 radical (unpaired) electrons. The molecule has 2 heterocycles. The summed E-state index contributed by atoms with van der Waals surface area (Å²) < 4.78 is 5.13.